The fourth-order valence-electron chi connectivity index (χ4n) is 1.88. The molecule has 98 valence electrons. The molecule has 0 fully saturated rings. The summed E-state index contributed by atoms with van der Waals surface area (Å²) in [6.45, 7) is 2.06. The summed E-state index contributed by atoms with van der Waals surface area (Å²) in [5, 5.41) is 0. The number of hydrogen-bond donors (Lipinski definition) is 0. The Balaban J connectivity index is 2.18. The Kier molecular flexibility index (Phi) is 4.48. The molecule has 0 amide bonds. The fraction of sp³-hybridized carbons (Fsp3) is 0.188. The van der Waals surface area contributed by atoms with E-state index in [9.17, 15) is 9.18 Å². The average Bonchev–Trinajstić information content (AvgIpc) is 2.43. The van der Waals surface area contributed by atoms with E-state index in [4.69, 9.17) is 0 Å². The van der Waals surface area contributed by atoms with E-state index in [2.05, 4.69) is 22.9 Å². The molecule has 0 saturated heterocycles. The Labute approximate surface area is 120 Å². The highest BCUT2D eigenvalue weighted by molar-refractivity contribution is 9.10. The summed E-state index contributed by atoms with van der Waals surface area (Å²) in [5.74, 6) is -0.415. The SMILES string of the molecule is CCc1ccc(C(=O)Cc2cc(Br)ccc2F)cc1. The van der Waals surface area contributed by atoms with Gasteiger partial charge in [0.25, 0.3) is 0 Å². The minimum absolute atomic E-state index is 0.0698. The van der Waals surface area contributed by atoms with Gasteiger partial charge in [-0.25, -0.2) is 4.39 Å². The van der Waals surface area contributed by atoms with Gasteiger partial charge >= 0.3 is 0 Å². The van der Waals surface area contributed by atoms with Crippen LogP contribution in [0.3, 0.4) is 0 Å². The van der Waals surface area contributed by atoms with Crippen molar-refractivity contribution in [2.45, 2.75) is 19.8 Å². The van der Waals surface area contributed by atoms with Crippen LogP contribution in [0.1, 0.15) is 28.4 Å². The van der Waals surface area contributed by atoms with Crippen LogP contribution in [0.25, 0.3) is 0 Å². The summed E-state index contributed by atoms with van der Waals surface area (Å²) in [4.78, 5) is 12.1. The zero-order valence-electron chi connectivity index (χ0n) is 10.6. The molecule has 0 atom stereocenters. The zero-order chi connectivity index (χ0) is 13.8. The van der Waals surface area contributed by atoms with Gasteiger partial charge in [-0.15, -0.1) is 0 Å². The number of aryl methyl sites for hydroxylation is 1. The van der Waals surface area contributed by atoms with Crippen LogP contribution in [0.4, 0.5) is 4.39 Å². The van der Waals surface area contributed by atoms with Gasteiger partial charge in [0, 0.05) is 16.5 Å². The molecule has 0 spiro atoms. The van der Waals surface area contributed by atoms with Crippen LogP contribution < -0.4 is 0 Å². The molecule has 2 rings (SSSR count). The fourth-order valence-corrected chi connectivity index (χ4v) is 2.29. The van der Waals surface area contributed by atoms with Crippen molar-refractivity contribution in [1.82, 2.24) is 0 Å². The second-order valence-corrected chi connectivity index (χ2v) is 5.30. The van der Waals surface area contributed by atoms with Gasteiger partial charge in [-0.3, -0.25) is 4.79 Å². The van der Waals surface area contributed by atoms with Crippen LogP contribution in [-0.4, -0.2) is 5.78 Å². The van der Waals surface area contributed by atoms with Gasteiger partial charge in [0.15, 0.2) is 5.78 Å². The van der Waals surface area contributed by atoms with E-state index in [1.54, 1.807) is 24.3 Å². The normalized spacial score (nSPS) is 10.5. The molecule has 1 nitrogen and oxygen atoms in total. The molecule has 0 radical (unpaired) electrons. The van der Waals surface area contributed by atoms with Crippen molar-refractivity contribution >= 4 is 21.7 Å². The summed E-state index contributed by atoms with van der Waals surface area (Å²) in [7, 11) is 0. The minimum atomic E-state index is -0.346. The van der Waals surface area contributed by atoms with Crippen LogP contribution >= 0.6 is 15.9 Å². The van der Waals surface area contributed by atoms with Gasteiger partial charge in [-0.05, 0) is 35.7 Å². The van der Waals surface area contributed by atoms with Crippen molar-refractivity contribution in [2.75, 3.05) is 0 Å². The standard InChI is InChI=1S/C16H14BrFO/c1-2-11-3-5-12(6-4-11)16(19)10-13-9-14(17)7-8-15(13)18/h3-9H,2,10H2,1H3. The van der Waals surface area contributed by atoms with E-state index < -0.39 is 0 Å². The maximum atomic E-state index is 13.6. The van der Waals surface area contributed by atoms with Crippen LogP contribution in [0.5, 0.6) is 0 Å². The molecule has 0 N–H and O–H groups in total. The molecule has 2 aromatic rings. The van der Waals surface area contributed by atoms with Crippen molar-refractivity contribution in [3.63, 3.8) is 0 Å². The Morgan fingerprint density at radius 1 is 1.16 bits per heavy atom. The Hall–Kier alpha value is -1.48. The largest absolute Gasteiger partial charge is 0.294 e. The van der Waals surface area contributed by atoms with Crippen molar-refractivity contribution in [3.8, 4) is 0 Å². The lowest BCUT2D eigenvalue weighted by molar-refractivity contribution is 0.0992. The lowest BCUT2D eigenvalue weighted by atomic mass is 10.0. The van der Waals surface area contributed by atoms with Crippen molar-refractivity contribution in [2.24, 2.45) is 0 Å². The zero-order valence-corrected chi connectivity index (χ0v) is 12.2. The second-order valence-electron chi connectivity index (χ2n) is 4.39. The third-order valence-electron chi connectivity index (χ3n) is 3.04. The number of hydrogen-bond acceptors (Lipinski definition) is 1. The predicted octanol–water partition coefficient (Wildman–Crippen LogP) is 4.58. The number of rotatable bonds is 4. The van der Waals surface area contributed by atoms with Gasteiger partial charge < -0.3 is 0 Å². The van der Waals surface area contributed by atoms with Crippen LogP contribution in [-0.2, 0) is 12.8 Å². The first-order valence-electron chi connectivity index (χ1n) is 6.16. The first-order chi connectivity index (χ1) is 9.10. The van der Waals surface area contributed by atoms with Crippen LogP contribution in [0.2, 0.25) is 0 Å². The number of benzene rings is 2. The Morgan fingerprint density at radius 3 is 2.47 bits per heavy atom. The second kappa shape index (κ2) is 6.11. The van der Waals surface area contributed by atoms with Gasteiger partial charge in [-0.1, -0.05) is 47.1 Å². The van der Waals surface area contributed by atoms with Crippen molar-refractivity contribution in [1.29, 1.82) is 0 Å². The highest BCUT2D eigenvalue weighted by Gasteiger charge is 2.11. The summed E-state index contributed by atoms with van der Waals surface area (Å²) >= 11 is 3.28. The molecule has 2 aromatic carbocycles. The highest BCUT2D eigenvalue weighted by Crippen LogP contribution is 2.18. The number of carbonyl (C=O) groups is 1. The average molecular weight is 321 g/mol. The third kappa shape index (κ3) is 3.51. The van der Waals surface area contributed by atoms with E-state index >= 15 is 0 Å². The first kappa shape index (κ1) is 13.9. The maximum Gasteiger partial charge on any atom is 0.167 e. The summed E-state index contributed by atoms with van der Waals surface area (Å²) in [6, 6.07) is 12.1. The molecular formula is C16H14BrFO. The highest BCUT2D eigenvalue weighted by atomic mass is 79.9. The number of Topliss-reactive ketones (excluding diaryl/α,β-unsaturated/α-hetero) is 1. The third-order valence-corrected chi connectivity index (χ3v) is 3.54. The predicted molar refractivity (Wildman–Crippen MR) is 78.0 cm³/mol. The number of halogens is 2. The molecule has 0 unspecified atom stereocenters. The molecular weight excluding hydrogens is 307 g/mol. The molecule has 0 aromatic heterocycles. The van der Waals surface area contributed by atoms with E-state index in [0.29, 0.717) is 11.1 Å². The molecule has 3 heteroatoms. The summed E-state index contributed by atoms with van der Waals surface area (Å²) < 4.78 is 14.4. The smallest absolute Gasteiger partial charge is 0.167 e. The van der Waals surface area contributed by atoms with Gasteiger partial charge in [-0.2, -0.15) is 0 Å². The molecule has 0 aliphatic rings. The minimum Gasteiger partial charge on any atom is -0.294 e. The summed E-state index contributed by atoms with van der Waals surface area (Å²) in [6.07, 6.45) is 1.02. The number of carbonyl (C=O) groups excluding carboxylic acids is 1. The topological polar surface area (TPSA) is 17.1 Å². The van der Waals surface area contributed by atoms with Gasteiger partial charge in [0.2, 0.25) is 0 Å². The lowest BCUT2D eigenvalue weighted by Gasteiger charge is -2.05. The molecule has 0 heterocycles. The number of ketones is 1. The van der Waals surface area contributed by atoms with Crippen LogP contribution in [0.15, 0.2) is 46.9 Å². The van der Waals surface area contributed by atoms with E-state index in [0.717, 1.165) is 10.9 Å². The van der Waals surface area contributed by atoms with E-state index in [1.807, 2.05) is 12.1 Å². The maximum absolute atomic E-state index is 13.6. The van der Waals surface area contributed by atoms with Crippen molar-refractivity contribution in [3.05, 3.63) is 69.4 Å². The molecule has 0 saturated carbocycles. The Bertz CT molecular complexity index is 590. The van der Waals surface area contributed by atoms with Gasteiger partial charge in [0.05, 0.1) is 0 Å². The van der Waals surface area contributed by atoms with Crippen molar-refractivity contribution < 1.29 is 9.18 Å². The Morgan fingerprint density at radius 2 is 1.84 bits per heavy atom. The first-order valence-corrected chi connectivity index (χ1v) is 6.95. The quantitative estimate of drug-likeness (QED) is 0.754. The van der Waals surface area contributed by atoms with E-state index in [-0.39, 0.29) is 18.0 Å². The van der Waals surface area contributed by atoms with E-state index in [1.165, 1.54) is 11.6 Å². The van der Waals surface area contributed by atoms with Gasteiger partial charge in [0.1, 0.15) is 5.82 Å². The molecule has 0 aliphatic carbocycles. The lowest BCUT2D eigenvalue weighted by Crippen LogP contribution is -2.05. The monoisotopic (exact) mass is 320 g/mol. The molecule has 0 bridgehead atoms. The molecule has 19 heavy (non-hydrogen) atoms. The summed E-state index contributed by atoms with van der Waals surface area (Å²) in [5.41, 5.74) is 2.22. The molecule has 0 aliphatic heterocycles. The van der Waals surface area contributed by atoms with Crippen LogP contribution in [0, 0.1) is 5.82 Å².